The number of nitrogens with zero attached hydrogens (tertiary/aromatic N) is 1. The zero-order valence-electron chi connectivity index (χ0n) is 12.5. The van der Waals surface area contributed by atoms with Crippen molar-refractivity contribution in [2.24, 2.45) is 10.7 Å². The van der Waals surface area contributed by atoms with Gasteiger partial charge < -0.3 is 20.5 Å². The third-order valence-electron chi connectivity index (χ3n) is 2.99. The highest BCUT2D eigenvalue weighted by Gasteiger charge is 2.02. The molecule has 6 heteroatoms. The van der Waals surface area contributed by atoms with Gasteiger partial charge in [-0.05, 0) is 45.8 Å². The number of nitrogens with one attached hydrogen (secondary N) is 1. The molecule has 0 bridgehead atoms. The average Bonchev–Trinajstić information content (AvgIpc) is 2.53. The van der Waals surface area contributed by atoms with Crippen LogP contribution in [0.3, 0.4) is 0 Å². The third kappa shape index (κ3) is 4.39. The molecule has 0 aliphatic heterocycles. The molecule has 0 fully saturated rings. The lowest BCUT2D eigenvalue weighted by Gasteiger charge is -2.08. The molecule has 0 heterocycles. The molecule has 2 aromatic rings. The standard InChI is InChI=1S/C16H18BrN3O2/c1-21-13-5-3-4-12(9-13)20-16(18)19-10-11-6-7-15(22-2)14(17)8-11/h3-9H,10H2,1-2H3,(H3,18,19,20). The van der Waals surface area contributed by atoms with Crippen LogP contribution in [0.2, 0.25) is 0 Å². The SMILES string of the molecule is COc1cccc(NC(N)=NCc2ccc(OC)c(Br)c2)c1. The van der Waals surface area contributed by atoms with Gasteiger partial charge in [-0.1, -0.05) is 12.1 Å². The predicted octanol–water partition coefficient (Wildman–Crippen LogP) is 3.39. The Kier molecular flexibility index (Phi) is 5.66. The van der Waals surface area contributed by atoms with E-state index in [9.17, 15) is 0 Å². The summed E-state index contributed by atoms with van der Waals surface area (Å²) in [6.07, 6.45) is 0. The van der Waals surface area contributed by atoms with E-state index in [0.29, 0.717) is 12.5 Å². The maximum Gasteiger partial charge on any atom is 0.193 e. The van der Waals surface area contributed by atoms with Crippen molar-refractivity contribution in [3.8, 4) is 11.5 Å². The van der Waals surface area contributed by atoms with Crippen molar-refractivity contribution in [3.63, 3.8) is 0 Å². The summed E-state index contributed by atoms with van der Waals surface area (Å²) in [5.74, 6) is 1.90. The maximum atomic E-state index is 5.90. The molecule has 116 valence electrons. The summed E-state index contributed by atoms with van der Waals surface area (Å²) in [4.78, 5) is 4.32. The summed E-state index contributed by atoms with van der Waals surface area (Å²) in [7, 11) is 3.26. The van der Waals surface area contributed by atoms with Crippen LogP contribution in [0.4, 0.5) is 5.69 Å². The Morgan fingerprint density at radius 2 is 2.00 bits per heavy atom. The molecule has 0 spiro atoms. The van der Waals surface area contributed by atoms with Gasteiger partial charge in [0.1, 0.15) is 11.5 Å². The molecule has 0 radical (unpaired) electrons. The molecule has 0 saturated heterocycles. The van der Waals surface area contributed by atoms with Crippen molar-refractivity contribution in [2.75, 3.05) is 19.5 Å². The second-order valence-corrected chi connectivity index (χ2v) is 5.38. The molecule has 0 aliphatic rings. The zero-order valence-corrected chi connectivity index (χ0v) is 14.1. The first kappa shape index (κ1) is 16.2. The van der Waals surface area contributed by atoms with Crippen LogP contribution in [0.5, 0.6) is 11.5 Å². The van der Waals surface area contributed by atoms with Gasteiger partial charge in [0.15, 0.2) is 5.96 Å². The summed E-state index contributed by atoms with van der Waals surface area (Å²) in [5.41, 5.74) is 7.76. The van der Waals surface area contributed by atoms with E-state index in [1.807, 2.05) is 42.5 Å². The molecular weight excluding hydrogens is 346 g/mol. The number of hydrogen-bond donors (Lipinski definition) is 2. The van der Waals surface area contributed by atoms with Crippen molar-refractivity contribution in [2.45, 2.75) is 6.54 Å². The topological polar surface area (TPSA) is 68.9 Å². The summed E-state index contributed by atoms with van der Waals surface area (Å²) in [6, 6.07) is 13.3. The first-order valence-corrected chi connectivity index (χ1v) is 7.45. The van der Waals surface area contributed by atoms with E-state index in [1.165, 1.54) is 0 Å². The van der Waals surface area contributed by atoms with Crippen molar-refractivity contribution >= 4 is 27.6 Å². The first-order chi connectivity index (χ1) is 10.6. The van der Waals surface area contributed by atoms with Gasteiger partial charge >= 0.3 is 0 Å². The van der Waals surface area contributed by atoms with E-state index >= 15 is 0 Å². The Bertz CT molecular complexity index is 674. The molecule has 0 unspecified atom stereocenters. The van der Waals surface area contributed by atoms with E-state index < -0.39 is 0 Å². The third-order valence-corrected chi connectivity index (χ3v) is 3.61. The molecule has 2 aromatic carbocycles. The van der Waals surface area contributed by atoms with Crippen molar-refractivity contribution in [3.05, 3.63) is 52.5 Å². The lowest BCUT2D eigenvalue weighted by molar-refractivity contribution is 0.412. The number of guanidine groups is 1. The van der Waals surface area contributed by atoms with Crippen LogP contribution < -0.4 is 20.5 Å². The fourth-order valence-corrected chi connectivity index (χ4v) is 2.46. The molecule has 0 saturated carbocycles. The molecule has 2 rings (SSSR count). The van der Waals surface area contributed by atoms with Gasteiger partial charge in [0.2, 0.25) is 0 Å². The number of anilines is 1. The number of ether oxygens (including phenoxy) is 2. The van der Waals surface area contributed by atoms with E-state index in [1.54, 1.807) is 14.2 Å². The van der Waals surface area contributed by atoms with Crippen LogP contribution in [0.25, 0.3) is 0 Å². The number of methoxy groups -OCH3 is 2. The highest BCUT2D eigenvalue weighted by atomic mass is 79.9. The number of halogens is 1. The zero-order chi connectivity index (χ0) is 15.9. The highest BCUT2D eigenvalue weighted by molar-refractivity contribution is 9.10. The Labute approximate surface area is 138 Å². The van der Waals surface area contributed by atoms with Gasteiger partial charge in [0, 0.05) is 11.8 Å². The maximum absolute atomic E-state index is 5.90. The van der Waals surface area contributed by atoms with Crippen LogP contribution in [-0.4, -0.2) is 20.2 Å². The molecule has 0 amide bonds. The Balaban J connectivity index is 2.01. The lowest BCUT2D eigenvalue weighted by Crippen LogP contribution is -2.22. The molecule has 3 N–H and O–H groups in total. The second-order valence-electron chi connectivity index (χ2n) is 4.53. The summed E-state index contributed by atoms with van der Waals surface area (Å²) >= 11 is 3.45. The summed E-state index contributed by atoms with van der Waals surface area (Å²) < 4.78 is 11.2. The number of benzene rings is 2. The molecule has 0 aliphatic carbocycles. The van der Waals surface area contributed by atoms with E-state index in [2.05, 4.69) is 26.2 Å². The largest absolute Gasteiger partial charge is 0.497 e. The highest BCUT2D eigenvalue weighted by Crippen LogP contribution is 2.25. The molecular formula is C16H18BrN3O2. The van der Waals surface area contributed by atoms with Crippen LogP contribution in [0.1, 0.15) is 5.56 Å². The van der Waals surface area contributed by atoms with Crippen LogP contribution in [0.15, 0.2) is 51.9 Å². The van der Waals surface area contributed by atoms with Gasteiger partial charge in [-0.25, -0.2) is 4.99 Å². The van der Waals surface area contributed by atoms with Crippen molar-refractivity contribution < 1.29 is 9.47 Å². The van der Waals surface area contributed by atoms with E-state index in [-0.39, 0.29) is 0 Å². The molecule has 0 atom stereocenters. The first-order valence-electron chi connectivity index (χ1n) is 6.66. The lowest BCUT2D eigenvalue weighted by atomic mass is 10.2. The monoisotopic (exact) mass is 363 g/mol. The minimum Gasteiger partial charge on any atom is -0.497 e. The van der Waals surface area contributed by atoms with Crippen molar-refractivity contribution in [1.29, 1.82) is 0 Å². The van der Waals surface area contributed by atoms with Gasteiger partial charge in [-0.3, -0.25) is 0 Å². The number of nitrogens with two attached hydrogens (primary N) is 1. The van der Waals surface area contributed by atoms with E-state index in [4.69, 9.17) is 15.2 Å². The van der Waals surface area contributed by atoms with Crippen LogP contribution in [-0.2, 0) is 6.54 Å². The Morgan fingerprint density at radius 1 is 1.18 bits per heavy atom. The Hall–Kier alpha value is -2.21. The molecule has 0 aromatic heterocycles. The Morgan fingerprint density at radius 3 is 2.68 bits per heavy atom. The molecule has 22 heavy (non-hydrogen) atoms. The predicted molar refractivity (Wildman–Crippen MR) is 92.6 cm³/mol. The van der Waals surface area contributed by atoms with Crippen molar-refractivity contribution in [1.82, 2.24) is 0 Å². The fraction of sp³-hybridized carbons (Fsp3) is 0.188. The quantitative estimate of drug-likeness (QED) is 0.630. The van der Waals surface area contributed by atoms with Gasteiger partial charge in [-0.15, -0.1) is 0 Å². The van der Waals surface area contributed by atoms with E-state index in [0.717, 1.165) is 27.2 Å². The summed E-state index contributed by atoms with van der Waals surface area (Å²) in [5, 5.41) is 3.04. The average molecular weight is 364 g/mol. The van der Waals surface area contributed by atoms with Gasteiger partial charge in [0.05, 0.1) is 25.2 Å². The number of aliphatic imine (C=N–C) groups is 1. The summed E-state index contributed by atoms with van der Waals surface area (Å²) in [6.45, 7) is 0.478. The minimum absolute atomic E-state index is 0.347. The van der Waals surface area contributed by atoms with Gasteiger partial charge in [0.25, 0.3) is 0 Å². The number of hydrogen-bond acceptors (Lipinski definition) is 3. The van der Waals surface area contributed by atoms with Crippen LogP contribution >= 0.6 is 15.9 Å². The smallest absolute Gasteiger partial charge is 0.193 e. The van der Waals surface area contributed by atoms with Crippen LogP contribution in [0, 0.1) is 0 Å². The fourth-order valence-electron chi connectivity index (χ4n) is 1.87. The molecule has 5 nitrogen and oxygen atoms in total. The normalized spacial score (nSPS) is 11.1. The van der Waals surface area contributed by atoms with Gasteiger partial charge in [-0.2, -0.15) is 0 Å². The minimum atomic E-state index is 0.347. The number of rotatable bonds is 5. The second kappa shape index (κ2) is 7.70.